The van der Waals surface area contributed by atoms with Crippen LogP contribution in [0.1, 0.15) is 43.9 Å². The Morgan fingerprint density at radius 1 is 0.969 bits per heavy atom. The summed E-state index contributed by atoms with van der Waals surface area (Å²) < 4.78 is 11.1. The molecule has 1 fully saturated rings. The van der Waals surface area contributed by atoms with Gasteiger partial charge in [-0.25, -0.2) is 0 Å². The molecule has 7 nitrogen and oxygen atoms in total. The van der Waals surface area contributed by atoms with Crippen molar-refractivity contribution in [3.8, 4) is 11.5 Å². The van der Waals surface area contributed by atoms with Gasteiger partial charge >= 0.3 is 0 Å². The summed E-state index contributed by atoms with van der Waals surface area (Å²) in [5.74, 6) is -0.399. The van der Waals surface area contributed by atoms with Crippen molar-refractivity contribution in [3.63, 3.8) is 0 Å². The molecule has 2 N–H and O–H groups in total. The molecule has 1 unspecified atom stereocenters. The van der Waals surface area contributed by atoms with E-state index in [4.69, 9.17) is 14.6 Å². The van der Waals surface area contributed by atoms with Crippen LogP contribution in [0.5, 0.6) is 11.5 Å². The third-order valence-electron chi connectivity index (χ3n) is 5.14. The maximum Gasteiger partial charge on any atom is 0.295 e. The Morgan fingerprint density at radius 3 is 2.34 bits per heavy atom. The second-order valence-electron chi connectivity index (χ2n) is 7.51. The first-order valence-corrected chi connectivity index (χ1v) is 10.9. The number of hydrogen-bond donors (Lipinski definition) is 2. The quantitative estimate of drug-likeness (QED) is 0.333. The predicted molar refractivity (Wildman–Crippen MR) is 121 cm³/mol. The minimum absolute atomic E-state index is 0.0463. The van der Waals surface area contributed by atoms with Crippen LogP contribution in [0.2, 0.25) is 0 Å². The lowest BCUT2D eigenvalue weighted by molar-refractivity contribution is -0.139. The van der Waals surface area contributed by atoms with Crippen LogP contribution in [0.25, 0.3) is 5.76 Å². The monoisotopic (exact) mass is 439 g/mol. The average Bonchev–Trinajstić information content (AvgIpc) is 3.06. The number of rotatable bonds is 10. The van der Waals surface area contributed by atoms with Crippen LogP contribution >= 0.6 is 0 Å². The third-order valence-corrected chi connectivity index (χ3v) is 5.14. The highest BCUT2D eigenvalue weighted by Crippen LogP contribution is 2.40. The largest absolute Gasteiger partial charge is 0.507 e. The van der Waals surface area contributed by atoms with Gasteiger partial charge in [0, 0.05) is 12.1 Å². The standard InChI is InChI=1S/C25H29NO6/c1-3-12-26-22(18-6-5-7-20(16-18)32-15-13-27)21(24(29)25(26)30)23(28)17-8-10-19(11-9-17)31-14-4-2/h5-11,16,22,27-28H,3-4,12-15H2,1-2H3/b23-21-. The van der Waals surface area contributed by atoms with Gasteiger partial charge in [-0.2, -0.15) is 0 Å². The first-order chi connectivity index (χ1) is 15.5. The Morgan fingerprint density at radius 2 is 1.69 bits per heavy atom. The van der Waals surface area contributed by atoms with Crippen molar-refractivity contribution >= 4 is 17.4 Å². The lowest BCUT2D eigenvalue weighted by atomic mass is 9.95. The van der Waals surface area contributed by atoms with Crippen molar-refractivity contribution in [2.75, 3.05) is 26.4 Å². The van der Waals surface area contributed by atoms with Gasteiger partial charge in [-0.15, -0.1) is 0 Å². The summed E-state index contributed by atoms with van der Waals surface area (Å²) in [4.78, 5) is 27.2. The maximum atomic E-state index is 13.0. The normalized spacial score (nSPS) is 17.6. The van der Waals surface area contributed by atoms with Crippen LogP contribution in [0.15, 0.2) is 54.1 Å². The Hall–Kier alpha value is -3.32. The number of likely N-dealkylation sites (tertiary alicyclic amines) is 1. The first kappa shape index (κ1) is 23.3. The average molecular weight is 440 g/mol. The topological polar surface area (TPSA) is 96.3 Å². The van der Waals surface area contributed by atoms with Crippen LogP contribution < -0.4 is 9.47 Å². The van der Waals surface area contributed by atoms with E-state index in [9.17, 15) is 14.7 Å². The molecule has 1 atom stereocenters. The molecule has 2 aromatic carbocycles. The molecular weight excluding hydrogens is 410 g/mol. The molecule has 0 bridgehead atoms. The Labute approximate surface area is 187 Å². The number of benzene rings is 2. The zero-order valence-electron chi connectivity index (χ0n) is 18.4. The van der Waals surface area contributed by atoms with E-state index in [-0.39, 0.29) is 24.5 Å². The number of aliphatic hydroxyl groups excluding tert-OH is 2. The molecule has 1 aliphatic rings. The van der Waals surface area contributed by atoms with Gasteiger partial charge in [0.2, 0.25) is 0 Å². The van der Waals surface area contributed by atoms with Gasteiger partial charge < -0.3 is 24.6 Å². The molecule has 7 heteroatoms. The Kier molecular flexibility index (Phi) is 7.89. The summed E-state index contributed by atoms with van der Waals surface area (Å²) in [6.07, 6.45) is 1.54. The van der Waals surface area contributed by atoms with Gasteiger partial charge in [-0.3, -0.25) is 9.59 Å². The van der Waals surface area contributed by atoms with Crippen molar-refractivity contribution in [3.05, 3.63) is 65.2 Å². The fourth-order valence-corrected chi connectivity index (χ4v) is 3.72. The predicted octanol–water partition coefficient (Wildman–Crippen LogP) is 3.68. The van der Waals surface area contributed by atoms with E-state index in [0.29, 0.717) is 42.2 Å². The molecule has 2 aromatic rings. The van der Waals surface area contributed by atoms with Crippen molar-refractivity contribution < 1.29 is 29.3 Å². The van der Waals surface area contributed by atoms with Gasteiger partial charge in [0.05, 0.1) is 24.8 Å². The van der Waals surface area contributed by atoms with Crippen molar-refractivity contribution in [1.29, 1.82) is 0 Å². The second kappa shape index (κ2) is 10.8. The van der Waals surface area contributed by atoms with Crippen LogP contribution in [0.3, 0.4) is 0 Å². The van der Waals surface area contributed by atoms with Crippen LogP contribution in [-0.2, 0) is 9.59 Å². The minimum atomic E-state index is -0.733. The zero-order chi connectivity index (χ0) is 23.1. The van der Waals surface area contributed by atoms with E-state index in [1.165, 1.54) is 4.90 Å². The molecule has 32 heavy (non-hydrogen) atoms. The van der Waals surface area contributed by atoms with Gasteiger partial charge in [0.25, 0.3) is 11.7 Å². The summed E-state index contributed by atoms with van der Waals surface area (Å²) in [7, 11) is 0. The van der Waals surface area contributed by atoms with E-state index in [2.05, 4.69) is 0 Å². The zero-order valence-corrected chi connectivity index (χ0v) is 18.4. The number of amides is 1. The number of aliphatic hydroxyl groups is 2. The number of carbonyl (C=O) groups excluding carboxylic acids is 2. The number of ether oxygens (including phenoxy) is 2. The highest BCUT2D eigenvalue weighted by atomic mass is 16.5. The number of ketones is 1. The fraction of sp³-hybridized carbons (Fsp3) is 0.360. The molecule has 170 valence electrons. The van der Waals surface area contributed by atoms with Crippen LogP contribution in [0, 0.1) is 0 Å². The van der Waals surface area contributed by atoms with Crippen molar-refractivity contribution in [1.82, 2.24) is 4.90 Å². The summed E-state index contributed by atoms with van der Waals surface area (Å²) in [6, 6.07) is 13.1. The van der Waals surface area contributed by atoms with E-state index < -0.39 is 17.7 Å². The first-order valence-electron chi connectivity index (χ1n) is 10.9. The second-order valence-corrected chi connectivity index (χ2v) is 7.51. The lowest BCUT2D eigenvalue weighted by Gasteiger charge is -2.25. The number of Topliss-reactive ketones (excluding diaryl/α,β-unsaturated/α-hetero) is 1. The van der Waals surface area contributed by atoms with E-state index in [1.54, 1.807) is 48.5 Å². The van der Waals surface area contributed by atoms with E-state index in [1.807, 2.05) is 13.8 Å². The van der Waals surface area contributed by atoms with Gasteiger partial charge in [-0.1, -0.05) is 26.0 Å². The fourth-order valence-electron chi connectivity index (χ4n) is 3.72. The summed E-state index contributed by atoms with van der Waals surface area (Å²) in [5.41, 5.74) is 1.13. The van der Waals surface area contributed by atoms with Crippen molar-refractivity contribution in [2.24, 2.45) is 0 Å². The van der Waals surface area contributed by atoms with Gasteiger partial charge in [0.1, 0.15) is 23.9 Å². The lowest BCUT2D eigenvalue weighted by Crippen LogP contribution is -2.30. The molecule has 1 heterocycles. The molecular formula is C25H29NO6. The van der Waals surface area contributed by atoms with Gasteiger partial charge in [0.15, 0.2) is 0 Å². The molecule has 1 saturated heterocycles. The van der Waals surface area contributed by atoms with E-state index in [0.717, 1.165) is 6.42 Å². The summed E-state index contributed by atoms with van der Waals surface area (Å²) >= 11 is 0. The third kappa shape index (κ3) is 4.94. The number of carbonyl (C=O) groups is 2. The summed E-state index contributed by atoms with van der Waals surface area (Å²) in [5, 5.41) is 20.1. The SMILES string of the molecule is CCCOc1ccc(/C(O)=C2/C(=O)C(=O)N(CCC)C2c2cccc(OCCO)c2)cc1. The molecule has 0 radical (unpaired) electrons. The Balaban J connectivity index is 2.05. The molecule has 0 aromatic heterocycles. The number of nitrogens with zero attached hydrogens (tertiary/aromatic N) is 1. The number of hydrogen-bond acceptors (Lipinski definition) is 6. The molecule has 0 saturated carbocycles. The van der Waals surface area contributed by atoms with Crippen LogP contribution in [-0.4, -0.2) is 53.2 Å². The van der Waals surface area contributed by atoms with E-state index >= 15 is 0 Å². The van der Waals surface area contributed by atoms with Crippen molar-refractivity contribution in [2.45, 2.75) is 32.7 Å². The van der Waals surface area contributed by atoms with Gasteiger partial charge in [-0.05, 0) is 54.8 Å². The molecule has 1 aliphatic heterocycles. The highest BCUT2D eigenvalue weighted by molar-refractivity contribution is 6.46. The molecule has 1 amide bonds. The molecule has 0 spiro atoms. The maximum absolute atomic E-state index is 13.0. The smallest absolute Gasteiger partial charge is 0.295 e. The highest BCUT2D eigenvalue weighted by Gasteiger charge is 2.45. The minimum Gasteiger partial charge on any atom is -0.507 e. The Bertz CT molecular complexity index is 982. The molecule has 0 aliphatic carbocycles. The summed E-state index contributed by atoms with van der Waals surface area (Å²) in [6.45, 7) is 4.90. The molecule has 3 rings (SSSR count). The van der Waals surface area contributed by atoms with Crippen LogP contribution in [0.4, 0.5) is 0 Å².